The highest BCUT2D eigenvalue weighted by atomic mass is 14.9. The lowest BCUT2D eigenvalue weighted by atomic mass is 9.94. The van der Waals surface area contributed by atoms with Crippen molar-refractivity contribution in [2.24, 2.45) is 5.92 Å². The Morgan fingerprint density at radius 2 is 1.47 bits per heavy atom. The minimum Gasteiger partial charge on any atom is -0.317 e. The Hall–Kier alpha value is -0.0400. The van der Waals surface area contributed by atoms with Crippen molar-refractivity contribution in [3.63, 3.8) is 0 Å². The number of hydrogen-bond donors (Lipinski definition) is 1. The van der Waals surface area contributed by atoms with Gasteiger partial charge in [0.1, 0.15) is 0 Å². The molecule has 0 spiro atoms. The molecular weight excluding hydrogens is 230 g/mol. The third-order valence-corrected chi connectivity index (χ3v) is 4.91. The molecule has 0 aromatic carbocycles. The number of hydrogen-bond acceptors (Lipinski definition) is 1. The van der Waals surface area contributed by atoms with Crippen LogP contribution in [0.5, 0.6) is 0 Å². The SMILES string of the molecule is CCCCCCCCCCC(CC1CCCC1)NC. The predicted molar refractivity (Wildman–Crippen MR) is 86.6 cm³/mol. The van der Waals surface area contributed by atoms with E-state index in [0.29, 0.717) is 0 Å². The van der Waals surface area contributed by atoms with Gasteiger partial charge in [0.05, 0.1) is 0 Å². The maximum Gasteiger partial charge on any atom is 0.00667 e. The topological polar surface area (TPSA) is 12.0 Å². The first-order valence-electron chi connectivity index (χ1n) is 9.04. The third-order valence-electron chi connectivity index (χ3n) is 4.91. The van der Waals surface area contributed by atoms with E-state index in [0.717, 1.165) is 12.0 Å². The Morgan fingerprint density at radius 1 is 0.895 bits per heavy atom. The molecule has 1 unspecified atom stereocenters. The lowest BCUT2D eigenvalue weighted by Gasteiger charge is -2.20. The van der Waals surface area contributed by atoms with Crippen LogP contribution in [0.4, 0.5) is 0 Å². The zero-order valence-corrected chi connectivity index (χ0v) is 13.6. The average Bonchev–Trinajstić information content (AvgIpc) is 2.93. The van der Waals surface area contributed by atoms with Crippen LogP contribution in [0.3, 0.4) is 0 Å². The van der Waals surface area contributed by atoms with E-state index >= 15 is 0 Å². The van der Waals surface area contributed by atoms with Crippen LogP contribution in [0.2, 0.25) is 0 Å². The van der Waals surface area contributed by atoms with Crippen LogP contribution in [0.1, 0.15) is 96.8 Å². The van der Waals surface area contributed by atoms with Crippen molar-refractivity contribution >= 4 is 0 Å². The molecular formula is C18H37N. The van der Waals surface area contributed by atoms with Gasteiger partial charge in [0.15, 0.2) is 0 Å². The first kappa shape index (κ1) is 17.0. The van der Waals surface area contributed by atoms with Gasteiger partial charge < -0.3 is 5.32 Å². The summed E-state index contributed by atoms with van der Waals surface area (Å²) in [4.78, 5) is 0. The van der Waals surface area contributed by atoms with Crippen LogP contribution in [-0.2, 0) is 0 Å². The molecule has 1 nitrogen and oxygen atoms in total. The molecule has 0 amide bonds. The number of unbranched alkanes of at least 4 members (excludes halogenated alkanes) is 7. The first-order valence-corrected chi connectivity index (χ1v) is 9.04. The maximum absolute atomic E-state index is 3.55. The zero-order chi connectivity index (χ0) is 13.8. The summed E-state index contributed by atoms with van der Waals surface area (Å²) in [6.07, 6.45) is 20.3. The van der Waals surface area contributed by atoms with Crippen molar-refractivity contribution < 1.29 is 0 Å². The van der Waals surface area contributed by atoms with Crippen molar-refractivity contribution in [3.8, 4) is 0 Å². The molecule has 19 heavy (non-hydrogen) atoms. The fraction of sp³-hybridized carbons (Fsp3) is 1.00. The van der Waals surface area contributed by atoms with Gasteiger partial charge in [-0.25, -0.2) is 0 Å². The molecule has 114 valence electrons. The normalized spacial score (nSPS) is 18.0. The molecule has 1 saturated carbocycles. The lowest BCUT2D eigenvalue weighted by molar-refractivity contribution is 0.377. The second-order valence-corrected chi connectivity index (χ2v) is 6.64. The zero-order valence-electron chi connectivity index (χ0n) is 13.6. The van der Waals surface area contributed by atoms with Crippen LogP contribution in [0.15, 0.2) is 0 Å². The van der Waals surface area contributed by atoms with Crippen LogP contribution in [0, 0.1) is 5.92 Å². The molecule has 1 atom stereocenters. The highest BCUT2D eigenvalue weighted by molar-refractivity contribution is 4.74. The van der Waals surface area contributed by atoms with Gasteiger partial charge in [-0.15, -0.1) is 0 Å². The van der Waals surface area contributed by atoms with Crippen molar-refractivity contribution in [2.75, 3.05) is 7.05 Å². The van der Waals surface area contributed by atoms with Gasteiger partial charge >= 0.3 is 0 Å². The van der Waals surface area contributed by atoms with Gasteiger partial charge in [0.2, 0.25) is 0 Å². The Kier molecular flexibility index (Phi) is 10.5. The van der Waals surface area contributed by atoms with Gasteiger partial charge in [-0.1, -0.05) is 84.0 Å². The highest BCUT2D eigenvalue weighted by Crippen LogP contribution is 2.29. The van der Waals surface area contributed by atoms with E-state index in [1.165, 1.54) is 89.9 Å². The second-order valence-electron chi connectivity index (χ2n) is 6.64. The van der Waals surface area contributed by atoms with E-state index < -0.39 is 0 Å². The summed E-state index contributed by atoms with van der Waals surface area (Å²) in [6.45, 7) is 2.29. The summed E-state index contributed by atoms with van der Waals surface area (Å²) >= 11 is 0. The molecule has 0 aliphatic heterocycles. The maximum atomic E-state index is 3.55. The largest absolute Gasteiger partial charge is 0.317 e. The fourth-order valence-corrected chi connectivity index (χ4v) is 3.55. The molecule has 0 heterocycles. The summed E-state index contributed by atoms with van der Waals surface area (Å²) < 4.78 is 0. The van der Waals surface area contributed by atoms with E-state index in [1.807, 2.05) is 0 Å². The Morgan fingerprint density at radius 3 is 2.05 bits per heavy atom. The van der Waals surface area contributed by atoms with E-state index in [-0.39, 0.29) is 0 Å². The molecule has 1 heteroatoms. The van der Waals surface area contributed by atoms with Crippen LogP contribution in [0.25, 0.3) is 0 Å². The molecule has 0 saturated heterocycles. The van der Waals surface area contributed by atoms with Crippen LogP contribution < -0.4 is 5.32 Å². The molecule has 0 aromatic rings. The molecule has 0 bridgehead atoms. The fourth-order valence-electron chi connectivity index (χ4n) is 3.55. The molecule has 0 radical (unpaired) electrons. The van der Waals surface area contributed by atoms with Crippen molar-refractivity contribution in [2.45, 2.75) is 103 Å². The summed E-state index contributed by atoms with van der Waals surface area (Å²) in [5, 5.41) is 3.55. The van der Waals surface area contributed by atoms with Crippen LogP contribution in [-0.4, -0.2) is 13.1 Å². The van der Waals surface area contributed by atoms with E-state index in [9.17, 15) is 0 Å². The second kappa shape index (κ2) is 11.8. The third kappa shape index (κ3) is 8.68. The van der Waals surface area contributed by atoms with E-state index in [1.54, 1.807) is 0 Å². The minimum atomic E-state index is 0.795. The van der Waals surface area contributed by atoms with Crippen molar-refractivity contribution in [1.82, 2.24) is 5.32 Å². The molecule has 1 aliphatic rings. The van der Waals surface area contributed by atoms with Gasteiger partial charge in [0, 0.05) is 6.04 Å². The molecule has 1 rings (SSSR count). The quantitative estimate of drug-likeness (QED) is 0.448. The highest BCUT2D eigenvalue weighted by Gasteiger charge is 2.18. The molecule has 0 aromatic heterocycles. The summed E-state index contributed by atoms with van der Waals surface area (Å²) in [5.74, 6) is 1.03. The Labute approximate surface area is 121 Å². The van der Waals surface area contributed by atoms with Gasteiger partial charge in [-0.3, -0.25) is 0 Å². The monoisotopic (exact) mass is 267 g/mol. The standard InChI is InChI=1S/C18H37N/c1-3-4-5-6-7-8-9-10-15-18(19-2)16-17-13-11-12-14-17/h17-19H,3-16H2,1-2H3. The van der Waals surface area contributed by atoms with E-state index in [4.69, 9.17) is 0 Å². The summed E-state index contributed by atoms with van der Waals surface area (Å²) in [5.41, 5.74) is 0. The smallest absolute Gasteiger partial charge is 0.00667 e. The molecule has 1 fully saturated rings. The lowest BCUT2D eigenvalue weighted by Crippen LogP contribution is -2.27. The van der Waals surface area contributed by atoms with Gasteiger partial charge in [0.25, 0.3) is 0 Å². The van der Waals surface area contributed by atoms with Gasteiger partial charge in [-0.2, -0.15) is 0 Å². The van der Waals surface area contributed by atoms with Crippen molar-refractivity contribution in [1.29, 1.82) is 0 Å². The number of nitrogens with one attached hydrogen (secondary N) is 1. The molecule has 1 N–H and O–H groups in total. The number of rotatable bonds is 12. The predicted octanol–water partition coefficient (Wildman–Crippen LogP) is 5.69. The Balaban J connectivity index is 1.91. The van der Waals surface area contributed by atoms with Crippen LogP contribution >= 0.6 is 0 Å². The first-order chi connectivity index (χ1) is 9.36. The minimum absolute atomic E-state index is 0.795. The van der Waals surface area contributed by atoms with Gasteiger partial charge in [-0.05, 0) is 25.8 Å². The average molecular weight is 268 g/mol. The van der Waals surface area contributed by atoms with Crippen molar-refractivity contribution in [3.05, 3.63) is 0 Å². The summed E-state index contributed by atoms with van der Waals surface area (Å²) in [7, 11) is 2.16. The Bertz CT molecular complexity index is 184. The summed E-state index contributed by atoms with van der Waals surface area (Å²) in [6, 6.07) is 0.795. The van der Waals surface area contributed by atoms with E-state index in [2.05, 4.69) is 19.3 Å². The molecule has 1 aliphatic carbocycles.